The van der Waals surface area contributed by atoms with E-state index in [0.29, 0.717) is 37.8 Å². The summed E-state index contributed by atoms with van der Waals surface area (Å²) in [6.07, 6.45) is 3.64. The van der Waals surface area contributed by atoms with Crippen LogP contribution in [0.1, 0.15) is 5.56 Å². The fraction of sp³-hybridized carbons (Fsp3) is 0.278. The molecule has 7 nitrogen and oxygen atoms in total. The van der Waals surface area contributed by atoms with Gasteiger partial charge in [0, 0.05) is 25.5 Å². The van der Waals surface area contributed by atoms with E-state index in [9.17, 15) is 9.18 Å². The van der Waals surface area contributed by atoms with Crippen molar-refractivity contribution < 1.29 is 13.9 Å². The number of rotatable bonds is 4. The monoisotopic (exact) mass is 355 g/mol. The molecule has 1 N–H and O–H groups in total. The molecule has 1 aliphatic rings. The first-order valence-electron chi connectivity index (χ1n) is 8.41. The zero-order chi connectivity index (χ0) is 17.9. The number of aromatic nitrogens is 3. The van der Waals surface area contributed by atoms with Crippen LogP contribution in [-0.4, -0.2) is 46.8 Å². The van der Waals surface area contributed by atoms with Crippen molar-refractivity contribution in [3.63, 3.8) is 0 Å². The minimum atomic E-state index is -0.324. The normalized spacial score (nSPS) is 14.6. The van der Waals surface area contributed by atoms with E-state index in [0.717, 1.165) is 11.3 Å². The van der Waals surface area contributed by atoms with Gasteiger partial charge < -0.3 is 15.0 Å². The van der Waals surface area contributed by atoms with Gasteiger partial charge in [-0.3, -0.25) is 4.79 Å². The minimum Gasteiger partial charge on any atom is -0.378 e. The van der Waals surface area contributed by atoms with Gasteiger partial charge >= 0.3 is 0 Å². The van der Waals surface area contributed by atoms with Gasteiger partial charge in [-0.2, -0.15) is 0 Å². The molecule has 134 valence electrons. The Labute approximate surface area is 149 Å². The smallest absolute Gasteiger partial charge is 0.230 e. The molecule has 0 radical (unpaired) electrons. The number of fused-ring (bicyclic) bond motifs is 1. The first-order chi connectivity index (χ1) is 12.7. The molecule has 0 aliphatic carbocycles. The molecule has 0 atom stereocenters. The van der Waals surface area contributed by atoms with Crippen LogP contribution in [-0.2, 0) is 16.0 Å². The quantitative estimate of drug-likeness (QED) is 0.774. The average Bonchev–Trinajstić information content (AvgIpc) is 3.02. The number of halogens is 1. The Bertz CT molecular complexity index is 919. The number of benzene rings is 1. The van der Waals surface area contributed by atoms with E-state index in [1.54, 1.807) is 35.1 Å². The molecule has 3 heterocycles. The van der Waals surface area contributed by atoms with Crippen molar-refractivity contribution in [2.75, 3.05) is 36.5 Å². The number of carbonyl (C=O) groups excluding carboxylic acids is 1. The van der Waals surface area contributed by atoms with Crippen LogP contribution < -0.4 is 10.2 Å². The molecule has 1 saturated heterocycles. The molecule has 1 aromatic carbocycles. The van der Waals surface area contributed by atoms with E-state index in [1.807, 2.05) is 0 Å². The standard InChI is InChI=1S/C18H18FN5O2/c19-14-4-2-13(3-5-14)12-15(25)21-17-16(23-8-10-26-11-9-23)18-20-6-1-7-24(18)22-17/h1-7H,8-12H2,(H,21,22,25). The molecule has 3 aromatic rings. The lowest BCUT2D eigenvalue weighted by atomic mass is 10.1. The van der Waals surface area contributed by atoms with Crippen LogP contribution in [0, 0.1) is 5.82 Å². The molecule has 1 fully saturated rings. The lowest BCUT2D eigenvalue weighted by molar-refractivity contribution is -0.115. The zero-order valence-electron chi connectivity index (χ0n) is 14.1. The summed E-state index contributed by atoms with van der Waals surface area (Å²) in [5, 5.41) is 7.34. The fourth-order valence-electron chi connectivity index (χ4n) is 3.00. The number of hydrogen-bond acceptors (Lipinski definition) is 5. The van der Waals surface area contributed by atoms with Crippen molar-refractivity contribution in [3.05, 3.63) is 54.1 Å². The van der Waals surface area contributed by atoms with Gasteiger partial charge in [0.15, 0.2) is 11.5 Å². The third-order valence-corrected chi connectivity index (χ3v) is 4.23. The number of nitrogens with zero attached hydrogens (tertiary/aromatic N) is 4. The molecule has 4 rings (SSSR count). The zero-order valence-corrected chi connectivity index (χ0v) is 14.1. The van der Waals surface area contributed by atoms with Crippen molar-refractivity contribution in [1.29, 1.82) is 0 Å². The Hall–Kier alpha value is -3.00. The third-order valence-electron chi connectivity index (χ3n) is 4.23. The van der Waals surface area contributed by atoms with Gasteiger partial charge in [-0.1, -0.05) is 12.1 Å². The second-order valence-electron chi connectivity index (χ2n) is 6.04. The summed E-state index contributed by atoms with van der Waals surface area (Å²) in [7, 11) is 0. The van der Waals surface area contributed by atoms with E-state index in [-0.39, 0.29) is 18.1 Å². The Balaban J connectivity index is 1.60. The Morgan fingerprint density at radius 3 is 2.77 bits per heavy atom. The minimum absolute atomic E-state index is 0.143. The maximum Gasteiger partial charge on any atom is 0.230 e. The largest absolute Gasteiger partial charge is 0.378 e. The van der Waals surface area contributed by atoms with E-state index >= 15 is 0 Å². The second kappa shape index (κ2) is 7.09. The van der Waals surface area contributed by atoms with Gasteiger partial charge in [0.1, 0.15) is 11.5 Å². The summed E-state index contributed by atoms with van der Waals surface area (Å²) < 4.78 is 20.1. The van der Waals surface area contributed by atoms with Gasteiger partial charge in [-0.05, 0) is 23.8 Å². The SMILES string of the molecule is O=C(Cc1ccc(F)cc1)Nc1nn2cccnc2c1N1CCOCC1. The van der Waals surface area contributed by atoms with Crippen LogP contribution in [0.5, 0.6) is 0 Å². The fourth-order valence-corrected chi connectivity index (χ4v) is 3.00. The summed E-state index contributed by atoms with van der Waals surface area (Å²) in [6, 6.07) is 7.67. The number of ether oxygens (including phenoxy) is 1. The van der Waals surface area contributed by atoms with Crippen molar-refractivity contribution >= 4 is 23.1 Å². The van der Waals surface area contributed by atoms with E-state index in [1.165, 1.54) is 12.1 Å². The summed E-state index contributed by atoms with van der Waals surface area (Å²) in [5.41, 5.74) is 2.21. The average molecular weight is 355 g/mol. The third kappa shape index (κ3) is 3.36. The highest BCUT2D eigenvalue weighted by atomic mass is 19.1. The number of morpholine rings is 1. The van der Waals surface area contributed by atoms with Gasteiger partial charge in [0.2, 0.25) is 5.91 Å². The highest BCUT2D eigenvalue weighted by Gasteiger charge is 2.23. The highest BCUT2D eigenvalue weighted by Crippen LogP contribution is 2.30. The van der Waals surface area contributed by atoms with Crippen LogP contribution in [0.2, 0.25) is 0 Å². The van der Waals surface area contributed by atoms with Crippen LogP contribution >= 0.6 is 0 Å². The molecular formula is C18H18FN5O2. The second-order valence-corrected chi connectivity index (χ2v) is 6.04. The number of anilines is 2. The molecule has 0 bridgehead atoms. The summed E-state index contributed by atoms with van der Waals surface area (Å²) in [6.45, 7) is 2.65. The van der Waals surface area contributed by atoms with E-state index in [2.05, 4.69) is 20.3 Å². The molecule has 8 heteroatoms. The molecule has 26 heavy (non-hydrogen) atoms. The van der Waals surface area contributed by atoms with Crippen molar-refractivity contribution in [1.82, 2.24) is 14.6 Å². The molecule has 0 saturated carbocycles. The van der Waals surface area contributed by atoms with E-state index in [4.69, 9.17) is 4.74 Å². The summed E-state index contributed by atoms with van der Waals surface area (Å²) in [4.78, 5) is 19.0. The molecule has 1 aliphatic heterocycles. The Morgan fingerprint density at radius 2 is 2.00 bits per heavy atom. The first kappa shape index (κ1) is 16.5. The summed E-state index contributed by atoms with van der Waals surface area (Å²) >= 11 is 0. The predicted molar refractivity (Wildman–Crippen MR) is 94.8 cm³/mol. The molecule has 2 aromatic heterocycles. The van der Waals surface area contributed by atoms with Gasteiger partial charge in [0.05, 0.1) is 19.6 Å². The molecule has 0 spiro atoms. The number of amides is 1. The predicted octanol–water partition coefficient (Wildman–Crippen LogP) is 1.89. The number of carbonyl (C=O) groups is 1. The molecule has 0 unspecified atom stereocenters. The number of nitrogens with one attached hydrogen (secondary N) is 1. The van der Waals surface area contributed by atoms with Crippen LogP contribution in [0.25, 0.3) is 5.65 Å². The van der Waals surface area contributed by atoms with Crippen LogP contribution in [0.3, 0.4) is 0 Å². The highest BCUT2D eigenvalue weighted by molar-refractivity contribution is 5.97. The van der Waals surface area contributed by atoms with E-state index < -0.39 is 0 Å². The van der Waals surface area contributed by atoms with Gasteiger partial charge in [0.25, 0.3) is 0 Å². The molecule has 1 amide bonds. The van der Waals surface area contributed by atoms with Crippen LogP contribution in [0.4, 0.5) is 15.9 Å². The van der Waals surface area contributed by atoms with Crippen molar-refractivity contribution in [3.8, 4) is 0 Å². The van der Waals surface area contributed by atoms with Crippen LogP contribution in [0.15, 0.2) is 42.7 Å². The van der Waals surface area contributed by atoms with Crippen molar-refractivity contribution in [2.24, 2.45) is 0 Å². The Morgan fingerprint density at radius 1 is 1.23 bits per heavy atom. The summed E-state index contributed by atoms with van der Waals surface area (Å²) in [5.74, 6) is -0.0672. The van der Waals surface area contributed by atoms with Gasteiger partial charge in [-0.25, -0.2) is 13.9 Å². The topological polar surface area (TPSA) is 71.8 Å². The lowest BCUT2D eigenvalue weighted by Gasteiger charge is -2.28. The van der Waals surface area contributed by atoms with Gasteiger partial charge in [-0.15, -0.1) is 5.10 Å². The number of hydrogen-bond donors (Lipinski definition) is 1. The maximum absolute atomic E-state index is 13.0. The maximum atomic E-state index is 13.0. The molecular weight excluding hydrogens is 337 g/mol. The first-order valence-corrected chi connectivity index (χ1v) is 8.41. The Kier molecular flexibility index (Phi) is 4.49. The lowest BCUT2D eigenvalue weighted by Crippen LogP contribution is -2.36. The van der Waals surface area contributed by atoms with Crippen molar-refractivity contribution in [2.45, 2.75) is 6.42 Å².